The zero-order valence-corrected chi connectivity index (χ0v) is 15.9. The smallest absolute Gasteiger partial charge is 0.218 e. The third kappa shape index (κ3) is 2.03. The van der Waals surface area contributed by atoms with Gasteiger partial charge in [0.2, 0.25) is 17.1 Å². The first kappa shape index (κ1) is 19.0. The number of nitrogens with zero attached hydrogens (tertiary/aromatic N) is 3. The SMILES string of the molecule is N#CC1(C#N)C(c2ccc(F)cc2)OC23CCC4(CC2C1(C#N)C(=N)O3)OCCO4. The maximum Gasteiger partial charge on any atom is 0.218 e. The summed E-state index contributed by atoms with van der Waals surface area (Å²) in [7, 11) is 0. The average Bonchev–Trinajstić information content (AvgIpc) is 3.28. The molecule has 5 rings (SSSR count). The number of benzene rings is 1. The van der Waals surface area contributed by atoms with Gasteiger partial charge in [0.15, 0.2) is 11.2 Å². The van der Waals surface area contributed by atoms with Crippen LogP contribution in [0, 0.1) is 62.0 Å². The molecule has 4 unspecified atom stereocenters. The highest BCUT2D eigenvalue weighted by atomic mass is 19.1. The number of ether oxygens (including phenoxy) is 4. The molecule has 2 bridgehead atoms. The van der Waals surface area contributed by atoms with Crippen LogP contribution in [0.1, 0.15) is 30.9 Å². The fourth-order valence-electron chi connectivity index (χ4n) is 5.49. The summed E-state index contributed by atoms with van der Waals surface area (Å²) in [5, 5.41) is 39.3. The Bertz CT molecular complexity index is 1030. The van der Waals surface area contributed by atoms with Gasteiger partial charge in [0.05, 0.1) is 37.3 Å². The summed E-state index contributed by atoms with van der Waals surface area (Å²) in [6.07, 6.45) is -0.370. The van der Waals surface area contributed by atoms with Crippen LogP contribution >= 0.6 is 0 Å². The van der Waals surface area contributed by atoms with Crippen molar-refractivity contribution in [1.29, 1.82) is 21.2 Å². The Balaban J connectivity index is 1.72. The van der Waals surface area contributed by atoms with Crippen molar-refractivity contribution >= 4 is 5.90 Å². The molecule has 0 amide bonds. The summed E-state index contributed by atoms with van der Waals surface area (Å²) in [4.78, 5) is 0. The van der Waals surface area contributed by atoms with E-state index in [1.165, 1.54) is 24.3 Å². The molecule has 8 nitrogen and oxygen atoms in total. The highest BCUT2D eigenvalue weighted by Gasteiger charge is 2.82. The molecule has 3 saturated heterocycles. The lowest BCUT2D eigenvalue weighted by Crippen LogP contribution is -2.63. The monoisotopic (exact) mass is 408 g/mol. The van der Waals surface area contributed by atoms with Crippen LogP contribution in [-0.2, 0) is 18.9 Å². The van der Waals surface area contributed by atoms with Crippen molar-refractivity contribution < 1.29 is 23.3 Å². The Labute approximate surface area is 171 Å². The first-order valence-electron chi connectivity index (χ1n) is 9.64. The quantitative estimate of drug-likeness (QED) is 0.755. The van der Waals surface area contributed by atoms with Crippen molar-refractivity contribution in [2.75, 3.05) is 13.2 Å². The van der Waals surface area contributed by atoms with Crippen molar-refractivity contribution in [3.63, 3.8) is 0 Å². The minimum Gasteiger partial charge on any atom is -0.447 e. The maximum atomic E-state index is 13.5. The van der Waals surface area contributed by atoms with Gasteiger partial charge >= 0.3 is 0 Å². The number of hydrogen-bond donors (Lipinski definition) is 1. The molecule has 1 aliphatic carbocycles. The molecule has 3 heterocycles. The third-order valence-electron chi connectivity index (χ3n) is 6.90. The van der Waals surface area contributed by atoms with E-state index in [0.29, 0.717) is 25.2 Å². The van der Waals surface area contributed by atoms with Gasteiger partial charge in [-0.25, -0.2) is 4.39 Å². The second-order valence-corrected chi connectivity index (χ2v) is 8.11. The van der Waals surface area contributed by atoms with Crippen molar-refractivity contribution in [3.8, 4) is 18.2 Å². The second kappa shape index (κ2) is 6.00. The molecule has 4 aliphatic rings. The Morgan fingerprint density at radius 3 is 2.27 bits per heavy atom. The fraction of sp³-hybridized carbons (Fsp3) is 0.524. The Morgan fingerprint density at radius 1 is 1.00 bits per heavy atom. The van der Waals surface area contributed by atoms with Gasteiger partial charge in [0, 0.05) is 19.3 Å². The van der Waals surface area contributed by atoms with Crippen molar-refractivity contribution in [3.05, 3.63) is 35.6 Å². The topological polar surface area (TPSA) is 132 Å². The zero-order valence-electron chi connectivity index (χ0n) is 15.9. The second-order valence-electron chi connectivity index (χ2n) is 8.11. The van der Waals surface area contributed by atoms with Gasteiger partial charge in [-0.1, -0.05) is 12.1 Å². The molecule has 1 spiro atoms. The molecule has 1 aromatic rings. The highest BCUT2D eigenvalue weighted by Crippen LogP contribution is 2.70. The summed E-state index contributed by atoms with van der Waals surface area (Å²) in [5.74, 6) is -4.08. The molecule has 1 N–H and O–H groups in total. The largest absolute Gasteiger partial charge is 0.447 e. The Morgan fingerprint density at radius 2 is 1.67 bits per heavy atom. The lowest BCUT2D eigenvalue weighted by Gasteiger charge is -2.54. The van der Waals surface area contributed by atoms with Crippen LogP contribution in [0.5, 0.6) is 0 Å². The number of hydrogen-bond acceptors (Lipinski definition) is 8. The van der Waals surface area contributed by atoms with E-state index >= 15 is 0 Å². The Hall–Kier alpha value is -3.03. The van der Waals surface area contributed by atoms with E-state index in [1.807, 2.05) is 12.1 Å². The van der Waals surface area contributed by atoms with Crippen LogP contribution in [0.3, 0.4) is 0 Å². The van der Waals surface area contributed by atoms with E-state index in [0.717, 1.165) is 0 Å². The third-order valence-corrected chi connectivity index (χ3v) is 6.90. The van der Waals surface area contributed by atoms with E-state index in [1.54, 1.807) is 0 Å². The zero-order chi connectivity index (χ0) is 21.2. The van der Waals surface area contributed by atoms with Gasteiger partial charge in [-0.05, 0) is 17.7 Å². The minimum absolute atomic E-state index is 0.157. The van der Waals surface area contributed by atoms with E-state index < -0.39 is 46.1 Å². The molecular weight excluding hydrogens is 391 g/mol. The molecule has 9 heteroatoms. The van der Waals surface area contributed by atoms with Gasteiger partial charge in [-0.2, -0.15) is 15.8 Å². The number of nitrogens with one attached hydrogen (secondary N) is 1. The lowest BCUT2D eigenvalue weighted by atomic mass is 9.51. The predicted molar refractivity (Wildman–Crippen MR) is 95.4 cm³/mol. The average molecular weight is 408 g/mol. The normalized spacial score (nSPS) is 37.5. The standard InChI is InChI=1S/C21H17FN4O4/c22-14-3-1-13(2-4-14)16-18(10-23,11-24)20(12-25)15-9-19(27-7-8-28-19)5-6-21(15,29-16)30-17(20)26/h1-4,15-16,26H,5-9H2. The van der Waals surface area contributed by atoms with E-state index in [-0.39, 0.29) is 12.8 Å². The highest BCUT2D eigenvalue weighted by molar-refractivity contribution is 5.89. The molecule has 0 aromatic heterocycles. The van der Waals surface area contributed by atoms with Crippen molar-refractivity contribution in [2.45, 2.75) is 36.9 Å². The lowest BCUT2D eigenvalue weighted by molar-refractivity contribution is -0.330. The number of rotatable bonds is 1. The molecule has 30 heavy (non-hydrogen) atoms. The molecule has 4 atom stereocenters. The number of halogens is 1. The van der Waals surface area contributed by atoms with Crippen molar-refractivity contribution in [2.24, 2.45) is 16.7 Å². The van der Waals surface area contributed by atoms with Crippen LogP contribution in [0.25, 0.3) is 0 Å². The minimum atomic E-state index is -2.08. The molecule has 3 aliphatic heterocycles. The van der Waals surface area contributed by atoms with Gasteiger partial charge in [-0.3, -0.25) is 5.41 Å². The predicted octanol–water partition coefficient (Wildman–Crippen LogP) is 2.69. The molecule has 4 fully saturated rings. The van der Waals surface area contributed by atoms with Gasteiger partial charge in [0.25, 0.3) is 0 Å². The van der Waals surface area contributed by atoms with Gasteiger partial charge < -0.3 is 18.9 Å². The first-order valence-corrected chi connectivity index (χ1v) is 9.64. The molecule has 1 aromatic carbocycles. The maximum absolute atomic E-state index is 13.5. The molecule has 1 saturated carbocycles. The van der Waals surface area contributed by atoms with Crippen LogP contribution in [0.4, 0.5) is 4.39 Å². The Kier molecular flexibility index (Phi) is 3.79. The molecule has 0 radical (unpaired) electrons. The summed E-state index contributed by atoms with van der Waals surface area (Å²) in [6.45, 7) is 0.802. The van der Waals surface area contributed by atoms with E-state index in [9.17, 15) is 20.2 Å². The van der Waals surface area contributed by atoms with Gasteiger partial charge in [0.1, 0.15) is 11.9 Å². The summed E-state index contributed by atoms with van der Waals surface area (Å²) in [5.41, 5.74) is -3.61. The van der Waals surface area contributed by atoms with Gasteiger partial charge in [-0.15, -0.1) is 0 Å². The summed E-state index contributed by atoms with van der Waals surface area (Å²) in [6, 6.07) is 11.3. The molecular formula is C21H17FN4O4. The van der Waals surface area contributed by atoms with Crippen molar-refractivity contribution in [1.82, 2.24) is 0 Å². The van der Waals surface area contributed by atoms with E-state index in [2.05, 4.69) is 6.07 Å². The summed E-state index contributed by atoms with van der Waals surface area (Å²) >= 11 is 0. The van der Waals surface area contributed by atoms with E-state index in [4.69, 9.17) is 24.4 Å². The first-order chi connectivity index (χ1) is 14.4. The fourth-order valence-corrected chi connectivity index (χ4v) is 5.49. The van der Waals surface area contributed by atoms with Crippen LogP contribution < -0.4 is 0 Å². The number of nitriles is 3. The van der Waals surface area contributed by atoms with Crippen LogP contribution in [-0.4, -0.2) is 30.7 Å². The molecule has 152 valence electrons. The van der Waals surface area contributed by atoms with Crippen LogP contribution in [0.15, 0.2) is 24.3 Å². The summed E-state index contributed by atoms with van der Waals surface area (Å²) < 4.78 is 37.3. The van der Waals surface area contributed by atoms with Crippen LogP contribution in [0.2, 0.25) is 0 Å².